The molecule has 0 unspecified atom stereocenters. The number of ether oxygens (including phenoxy) is 1. The molecule has 2 aliphatic heterocycles. The van der Waals surface area contributed by atoms with Crippen molar-refractivity contribution in [1.82, 2.24) is 9.74 Å². The molecular weight excluding hydrogens is 495 g/mol. The van der Waals surface area contributed by atoms with Gasteiger partial charge in [0.15, 0.2) is 5.76 Å². The molecule has 1 amide bonds. The molecule has 0 spiro atoms. The van der Waals surface area contributed by atoms with E-state index in [0.717, 1.165) is 62.0 Å². The van der Waals surface area contributed by atoms with E-state index in [-0.39, 0.29) is 23.8 Å². The zero-order valence-corrected chi connectivity index (χ0v) is 20.3. The summed E-state index contributed by atoms with van der Waals surface area (Å²) in [4.78, 5) is 14.9. The first-order chi connectivity index (χ1) is 17.3. The van der Waals surface area contributed by atoms with Crippen LogP contribution in [0.15, 0.2) is 52.9 Å². The third kappa shape index (κ3) is 5.42. The van der Waals surface area contributed by atoms with Gasteiger partial charge in [0.25, 0.3) is 0 Å². The summed E-state index contributed by atoms with van der Waals surface area (Å²) in [5, 5.41) is 4.04. The van der Waals surface area contributed by atoms with Crippen LogP contribution in [-0.4, -0.2) is 48.7 Å². The van der Waals surface area contributed by atoms with Crippen molar-refractivity contribution in [2.75, 3.05) is 31.1 Å². The van der Waals surface area contributed by atoms with Crippen LogP contribution in [0.4, 0.5) is 18.9 Å². The molecule has 3 aromatic rings. The standard InChI is InChI=1S/C26H27ClF3N3O3/c27-33(20-7-11-31-12-8-20)25(34)24-15-17-1-6-22(16-23(17)36-24)35-21-9-13-32(14-10-21)19-4-2-18(3-5-19)26(28,29)30/h1-6,15-16,20-21,31H,7-14H2. The first kappa shape index (κ1) is 24.8. The maximum absolute atomic E-state index is 12.8. The van der Waals surface area contributed by atoms with E-state index >= 15 is 0 Å². The number of anilines is 1. The lowest BCUT2D eigenvalue weighted by molar-refractivity contribution is -0.137. The molecule has 192 valence electrons. The van der Waals surface area contributed by atoms with Crippen LogP contribution in [0.25, 0.3) is 11.0 Å². The summed E-state index contributed by atoms with van der Waals surface area (Å²) in [5.74, 6) is 0.489. The van der Waals surface area contributed by atoms with Gasteiger partial charge in [-0.2, -0.15) is 13.2 Å². The Labute approximate surface area is 212 Å². The number of piperidine rings is 2. The monoisotopic (exact) mass is 521 g/mol. The summed E-state index contributed by atoms with van der Waals surface area (Å²) in [6.45, 7) is 3.01. The number of fused-ring (bicyclic) bond motifs is 1. The van der Waals surface area contributed by atoms with E-state index in [4.69, 9.17) is 20.9 Å². The fraction of sp³-hybridized carbons (Fsp3) is 0.423. The lowest BCUT2D eigenvalue weighted by atomic mass is 10.1. The number of amides is 1. The van der Waals surface area contributed by atoms with Gasteiger partial charge in [0, 0.05) is 54.8 Å². The Morgan fingerprint density at radius 1 is 1.03 bits per heavy atom. The van der Waals surface area contributed by atoms with Gasteiger partial charge < -0.3 is 19.4 Å². The highest BCUT2D eigenvalue weighted by Crippen LogP contribution is 2.32. The average molecular weight is 522 g/mol. The van der Waals surface area contributed by atoms with Crippen molar-refractivity contribution in [2.45, 2.75) is 44.0 Å². The van der Waals surface area contributed by atoms with E-state index in [2.05, 4.69) is 10.2 Å². The average Bonchev–Trinajstić information content (AvgIpc) is 3.32. The molecule has 0 radical (unpaired) electrons. The third-order valence-electron chi connectivity index (χ3n) is 6.83. The minimum absolute atomic E-state index is 0.0255. The Balaban J connectivity index is 1.19. The zero-order chi connectivity index (χ0) is 25.3. The molecule has 3 heterocycles. The predicted octanol–water partition coefficient (Wildman–Crippen LogP) is 5.85. The summed E-state index contributed by atoms with van der Waals surface area (Å²) >= 11 is 6.33. The van der Waals surface area contributed by atoms with E-state index in [9.17, 15) is 18.0 Å². The SMILES string of the molecule is O=C(c1cc2ccc(OC3CCN(c4ccc(C(F)(F)F)cc4)CC3)cc2o1)N(Cl)C1CCNCC1. The zero-order valence-electron chi connectivity index (χ0n) is 19.6. The summed E-state index contributed by atoms with van der Waals surface area (Å²) in [6.07, 6.45) is -1.30. The van der Waals surface area contributed by atoms with Crippen LogP contribution in [0, 0.1) is 0 Å². The Morgan fingerprint density at radius 3 is 2.39 bits per heavy atom. The van der Waals surface area contributed by atoms with Gasteiger partial charge in [0.1, 0.15) is 17.4 Å². The van der Waals surface area contributed by atoms with Crippen molar-refractivity contribution in [3.05, 3.63) is 59.9 Å². The van der Waals surface area contributed by atoms with E-state index in [1.54, 1.807) is 12.1 Å². The molecule has 36 heavy (non-hydrogen) atoms. The van der Waals surface area contributed by atoms with Crippen LogP contribution < -0.4 is 15.0 Å². The molecule has 2 fully saturated rings. The number of halogens is 4. The Bertz CT molecular complexity index is 1200. The van der Waals surface area contributed by atoms with Crippen molar-refractivity contribution in [3.8, 4) is 5.75 Å². The van der Waals surface area contributed by atoms with Gasteiger partial charge in [-0.05, 0) is 68.4 Å². The first-order valence-electron chi connectivity index (χ1n) is 12.1. The third-order valence-corrected chi connectivity index (χ3v) is 7.26. The summed E-state index contributed by atoms with van der Waals surface area (Å²) in [7, 11) is 0. The Hall–Kier alpha value is -2.91. The van der Waals surface area contributed by atoms with Crippen LogP contribution in [0.3, 0.4) is 0 Å². The molecular formula is C26H27ClF3N3O3. The number of rotatable bonds is 5. The van der Waals surface area contributed by atoms with Gasteiger partial charge in [0.2, 0.25) is 0 Å². The smallest absolute Gasteiger partial charge is 0.416 e. The largest absolute Gasteiger partial charge is 0.490 e. The highest BCUT2D eigenvalue weighted by atomic mass is 35.5. The topological polar surface area (TPSA) is 58.0 Å². The van der Waals surface area contributed by atoms with Gasteiger partial charge in [0.05, 0.1) is 11.6 Å². The number of carbonyl (C=O) groups excluding carboxylic acids is 1. The molecule has 0 atom stereocenters. The van der Waals surface area contributed by atoms with Gasteiger partial charge in [-0.1, -0.05) is 0 Å². The lowest BCUT2D eigenvalue weighted by Gasteiger charge is -2.33. The first-order valence-corrected chi connectivity index (χ1v) is 12.4. The second kappa shape index (κ2) is 10.2. The van der Waals surface area contributed by atoms with E-state index in [1.165, 1.54) is 16.6 Å². The molecule has 10 heteroatoms. The molecule has 0 saturated carbocycles. The number of carbonyl (C=O) groups is 1. The number of nitrogens with one attached hydrogen (secondary N) is 1. The van der Waals surface area contributed by atoms with Crippen molar-refractivity contribution in [1.29, 1.82) is 0 Å². The fourth-order valence-corrected chi connectivity index (χ4v) is 5.06. The number of furan rings is 1. The van der Waals surface area contributed by atoms with Gasteiger partial charge in [-0.25, -0.2) is 4.42 Å². The highest BCUT2D eigenvalue weighted by Gasteiger charge is 2.31. The minimum Gasteiger partial charge on any atom is -0.490 e. The van der Waals surface area contributed by atoms with Gasteiger partial charge >= 0.3 is 12.1 Å². The lowest BCUT2D eigenvalue weighted by Crippen LogP contribution is -2.41. The molecule has 5 rings (SSSR count). The number of nitrogens with zero attached hydrogens (tertiary/aromatic N) is 2. The van der Waals surface area contributed by atoms with Crippen LogP contribution in [-0.2, 0) is 6.18 Å². The highest BCUT2D eigenvalue weighted by molar-refractivity contribution is 6.24. The van der Waals surface area contributed by atoms with Crippen molar-refractivity contribution < 1.29 is 27.1 Å². The van der Waals surface area contributed by atoms with Crippen LogP contribution in [0.2, 0.25) is 0 Å². The molecule has 2 aliphatic rings. The van der Waals surface area contributed by atoms with Crippen LogP contribution in [0.1, 0.15) is 41.8 Å². The number of hydrogen-bond donors (Lipinski definition) is 1. The molecule has 1 aromatic heterocycles. The van der Waals surface area contributed by atoms with Gasteiger partial charge in [-0.3, -0.25) is 4.79 Å². The van der Waals surface area contributed by atoms with Crippen molar-refractivity contribution in [2.24, 2.45) is 0 Å². The molecule has 0 bridgehead atoms. The van der Waals surface area contributed by atoms with Crippen LogP contribution >= 0.6 is 11.8 Å². The molecule has 1 N–H and O–H groups in total. The van der Waals surface area contributed by atoms with E-state index in [0.29, 0.717) is 24.4 Å². The number of alkyl halides is 3. The maximum atomic E-state index is 12.8. The second-order valence-electron chi connectivity index (χ2n) is 9.26. The minimum atomic E-state index is -4.33. The predicted molar refractivity (Wildman–Crippen MR) is 131 cm³/mol. The Kier molecular flexibility index (Phi) is 7.03. The summed E-state index contributed by atoms with van der Waals surface area (Å²) in [5.41, 5.74) is 0.676. The second-order valence-corrected chi connectivity index (χ2v) is 9.62. The molecule has 2 saturated heterocycles. The van der Waals surface area contributed by atoms with Gasteiger partial charge in [-0.15, -0.1) is 0 Å². The summed E-state index contributed by atoms with van der Waals surface area (Å²) in [6, 6.07) is 12.4. The van der Waals surface area contributed by atoms with E-state index < -0.39 is 11.7 Å². The van der Waals surface area contributed by atoms with Crippen LogP contribution in [0.5, 0.6) is 5.75 Å². The summed E-state index contributed by atoms with van der Waals surface area (Å²) < 4.78 is 51.7. The number of benzene rings is 2. The van der Waals surface area contributed by atoms with Crippen molar-refractivity contribution >= 4 is 34.3 Å². The normalized spacial score (nSPS) is 17.9. The number of hydrogen-bond acceptors (Lipinski definition) is 5. The van der Waals surface area contributed by atoms with E-state index in [1.807, 2.05) is 12.1 Å². The molecule has 2 aromatic carbocycles. The Morgan fingerprint density at radius 2 is 1.72 bits per heavy atom. The quantitative estimate of drug-likeness (QED) is 0.427. The maximum Gasteiger partial charge on any atom is 0.416 e. The fourth-order valence-electron chi connectivity index (χ4n) is 4.78. The molecule has 6 nitrogen and oxygen atoms in total. The van der Waals surface area contributed by atoms with Crippen molar-refractivity contribution in [3.63, 3.8) is 0 Å². The molecule has 0 aliphatic carbocycles.